The Labute approximate surface area is 117 Å². The molecule has 0 saturated heterocycles. The summed E-state index contributed by atoms with van der Waals surface area (Å²) in [5.74, 6) is -5.89. The van der Waals surface area contributed by atoms with E-state index in [-0.39, 0.29) is 24.4 Å². The predicted molar refractivity (Wildman–Crippen MR) is 67.6 cm³/mol. The molecule has 1 aromatic rings. The van der Waals surface area contributed by atoms with Gasteiger partial charge >= 0.3 is 5.92 Å². The highest BCUT2D eigenvalue weighted by atomic mass is 19.3. The minimum Gasteiger partial charge on any atom is -0.453 e. The number of hydrogen-bond donors (Lipinski definition) is 3. The molecule has 0 bridgehead atoms. The van der Waals surface area contributed by atoms with Gasteiger partial charge in [0.1, 0.15) is 0 Å². The lowest BCUT2D eigenvalue weighted by atomic mass is 10.1. The number of rotatable bonds is 6. The minimum absolute atomic E-state index is 0.0196. The molecule has 2 rings (SSSR count). The van der Waals surface area contributed by atoms with Crippen LogP contribution in [0.4, 0.5) is 20.2 Å². The molecule has 4 N–H and O–H groups in total. The Morgan fingerprint density at radius 1 is 1.52 bits per heavy atom. The second-order valence-corrected chi connectivity index (χ2v) is 4.29. The standard InChI is InChI=1S/C12H11F2N3O4/c13-12(14)7-3-6(1-2-8(7)17-11(12)20)16-4-9(10(15)19)21-5-18/h1-3,5,9,16H,4H2,(H2,15,19)(H,17,20)/t9-/m1/s1. The van der Waals surface area contributed by atoms with E-state index in [4.69, 9.17) is 5.73 Å². The summed E-state index contributed by atoms with van der Waals surface area (Å²) >= 11 is 0. The lowest BCUT2D eigenvalue weighted by Crippen LogP contribution is -2.36. The Morgan fingerprint density at radius 2 is 2.24 bits per heavy atom. The van der Waals surface area contributed by atoms with Crippen molar-refractivity contribution in [2.24, 2.45) is 5.73 Å². The fourth-order valence-corrected chi connectivity index (χ4v) is 1.84. The summed E-state index contributed by atoms with van der Waals surface area (Å²) in [5.41, 5.74) is 4.78. The molecule has 1 atom stereocenters. The van der Waals surface area contributed by atoms with Gasteiger partial charge in [-0.1, -0.05) is 0 Å². The highest BCUT2D eigenvalue weighted by molar-refractivity contribution is 6.04. The summed E-state index contributed by atoms with van der Waals surface area (Å²) in [4.78, 5) is 32.3. The van der Waals surface area contributed by atoms with Crippen LogP contribution in [-0.2, 0) is 25.0 Å². The molecule has 9 heteroatoms. The quantitative estimate of drug-likeness (QED) is 0.648. The predicted octanol–water partition coefficient (Wildman–Crippen LogP) is 0.169. The van der Waals surface area contributed by atoms with E-state index in [1.807, 2.05) is 0 Å². The molecule has 1 aliphatic heterocycles. The molecule has 1 aromatic carbocycles. The van der Waals surface area contributed by atoms with Crippen LogP contribution in [0.5, 0.6) is 0 Å². The Bertz CT molecular complexity index is 606. The van der Waals surface area contributed by atoms with E-state index in [2.05, 4.69) is 15.4 Å². The number of primary amides is 1. The number of carbonyl (C=O) groups is 3. The van der Waals surface area contributed by atoms with Gasteiger partial charge in [-0.2, -0.15) is 8.78 Å². The van der Waals surface area contributed by atoms with Crippen molar-refractivity contribution in [2.75, 3.05) is 17.2 Å². The number of benzene rings is 1. The van der Waals surface area contributed by atoms with Crippen LogP contribution in [0.15, 0.2) is 18.2 Å². The number of halogens is 2. The Kier molecular flexibility index (Phi) is 3.74. The first kappa shape index (κ1) is 14.7. The summed E-state index contributed by atoms with van der Waals surface area (Å²) in [6.07, 6.45) is -1.23. The third-order valence-corrected chi connectivity index (χ3v) is 2.92. The van der Waals surface area contributed by atoms with Gasteiger partial charge in [0.2, 0.25) is 0 Å². The number of fused-ring (bicyclic) bond motifs is 1. The van der Waals surface area contributed by atoms with E-state index in [1.165, 1.54) is 12.1 Å². The molecule has 112 valence electrons. The maximum atomic E-state index is 13.6. The van der Waals surface area contributed by atoms with Gasteiger partial charge in [-0.15, -0.1) is 0 Å². The molecule has 1 aliphatic rings. The molecule has 2 amide bonds. The number of nitrogens with one attached hydrogen (secondary N) is 2. The van der Waals surface area contributed by atoms with E-state index in [0.717, 1.165) is 6.07 Å². The number of nitrogens with two attached hydrogens (primary N) is 1. The first-order valence-electron chi connectivity index (χ1n) is 5.82. The SMILES string of the molecule is NC(=O)[C@@H](CNc1ccc2c(c1)C(F)(F)C(=O)N2)OC=O. The maximum absolute atomic E-state index is 13.6. The molecular weight excluding hydrogens is 288 g/mol. The van der Waals surface area contributed by atoms with E-state index in [9.17, 15) is 23.2 Å². The zero-order valence-electron chi connectivity index (χ0n) is 10.6. The van der Waals surface area contributed by atoms with Crippen LogP contribution in [0.25, 0.3) is 0 Å². The topological polar surface area (TPSA) is 111 Å². The molecule has 0 radical (unpaired) electrons. The number of carbonyl (C=O) groups excluding carboxylic acids is 3. The van der Waals surface area contributed by atoms with Gasteiger partial charge in [0.05, 0.1) is 17.8 Å². The van der Waals surface area contributed by atoms with Gasteiger partial charge < -0.3 is 21.1 Å². The molecule has 0 saturated carbocycles. The third kappa shape index (κ3) is 2.76. The first-order valence-corrected chi connectivity index (χ1v) is 5.82. The normalized spacial score (nSPS) is 16.6. The molecule has 0 aromatic heterocycles. The van der Waals surface area contributed by atoms with Gasteiger partial charge in [0.15, 0.2) is 6.10 Å². The van der Waals surface area contributed by atoms with Crippen molar-refractivity contribution < 1.29 is 27.9 Å². The Hall–Kier alpha value is -2.71. The van der Waals surface area contributed by atoms with Crippen LogP contribution >= 0.6 is 0 Å². The lowest BCUT2D eigenvalue weighted by molar-refractivity contribution is -0.142. The van der Waals surface area contributed by atoms with E-state index >= 15 is 0 Å². The van der Waals surface area contributed by atoms with Crippen LogP contribution in [0.2, 0.25) is 0 Å². The molecular formula is C12H11F2N3O4. The van der Waals surface area contributed by atoms with Crippen molar-refractivity contribution in [3.63, 3.8) is 0 Å². The zero-order valence-corrected chi connectivity index (χ0v) is 10.6. The monoisotopic (exact) mass is 299 g/mol. The Balaban J connectivity index is 2.13. The molecule has 0 fully saturated rings. The summed E-state index contributed by atoms with van der Waals surface area (Å²) in [5, 5.41) is 4.69. The number of hydrogen-bond acceptors (Lipinski definition) is 5. The van der Waals surface area contributed by atoms with Gasteiger partial charge in [-0.05, 0) is 18.2 Å². The van der Waals surface area contributed by atoms with E-state index in [1.54, 1.807) is 0 Å². The third-order valence-electron chi connectivity index (χ3n) is 2.92. The van der Waals surface area contributed by atoms with Gasteiger partial charge in [-0.25, -0.2) is 0 Å². The molecule has 1 heterocycles. The van der Waals surface area contributed by atoms with Crippen LogP contribution in [-0.4, -0.2) is 30.9 Å². The number of amides is 2. The fraction of sp³-hybridized carbons (Fsp3) is 0.250. The summed E-state index contributed by atoms with van der Waals surface area (Å²) < 4.78 is 31.6. The van der Waals surface area contributed by atoms with Crippen molar-refractivity contribution in [1.82, 2.24) is 0 Å². The summed E-state index contributed by atoms with van der Waals surface area (Å²) in [6, 6.07) is 3.81. The number of ether oxygens (including phenoxy) is 1. The van der Waals surface area contributed by atoms with Crippen LogP contribution in [0.1, 0.15) is 5.56 Å². The average molecular weight is 299 g/mol. The molecule has 0 spiro atoms. The van der Waals surface area contributed by atoms with Crippen molar-refractivity contribution in [1.29, 1.82) is 0 Å². The summed E-state index contributed by atoms with van der Waals surface area (Å²) in [6.45, 7) is -0.115. The number of alkyl halides is 2. The van der Waals surface area contributed by atoms with Gasteiger partial charge in [0, 0.05) is 5.69 Å². The lowest BCUT2D eigenvalue weighted by Gasteiger charge is -2.14. The van der Waals surface area contributed by atoms with Crippen molar-refractivity contribution >= 4 is 29.7 Å². The largest absolute Gasteiger partial charge is 0.453 e. The zero-order chi connectivity index (χ0) is 15.6. The number of anilines is 2. The van der Waals surface area contributed by atoms with Crippen LogP contribution in [0, 0.1) is 0 Å². The van der Waals surface area contributed by atoms with E-state index < -0.39 is 29.4 Å². The minimum atomic E-state index is -3.62. The van der Waals surface area contributed by atoms with Crippen molar-refractivity contribution in [2.45, 2.75) is 12.0 Å². The van der Waals surface area contributed by atoms with Crippen LogP contribution in [0.3, 0.4) is 0 Å². The van der Waals surface area contributed by atoms with Crippen molar-refractivity contribution in [3.8, 4) is 0 Å². The smallest absolute Gasteiger partial charge is 0.352 e. The molecule has 7 nitrogen and oxygen atoms in total. The maximum Gasteiger partial charge on any atom is 0.352 e. The van der Waals surface area contributed by atoms with Crippen LogP contribution < -0.4 is 16.4 Å². The second-order valence-electron chi connectivity index (χ2n) is 4.29. The van der Waals surface area contributed by atoms with E-state index in [0.29, 0.717) is 0 Å². The first-order chi connectivity index (χ1) is 9.86. The average Bonchev–Trinajstić information content (AvgIpc) is 2.65. The highest BCUT2D eigenvalue weighted by Gasteiger charge is 2.48. The Morgan fingerprint density at radius 3 is 2.86 bits per heavy atom. The van der Waals surface area contributed by atoms with Gasteiger partial charge in [-0.3, -0.25) is 14.4 Å². The molecule has 21 heavy (non-hydrogen) atoms. The highest BCUT2D eigenvalue weighted by Crippen LogP contribution is 2.41. The molecule has 0 unspecified atom stereocenters. The summed E-state index contributed by atoms with van der Waals surface area (Å²) in [7, 11) is 0. The second kappa shape index (κ2) is 5.35. The van der Waals surface area contributed by atoms with Gasteiger partial charge in [0.25, 0.3) is 18.3 Å². The molecule has 0 aliphatic carbocycles. The fourth-order valence-electron chi connectivity index (χ4n) is 1.84. The van der Waals surface area contributed by atoms with Crippen molar-refractivity contribution in [3.05, 3.63) is 23.8 Å².